The lowest BCUT2D eigenvalue weighted by atomic mass is 9.85. The molecule has 0 amide bonds. The van der Waals surface area contributed by atoms with Gasteiger partial charge in [-0.3, -0.25) is 0 Å². The summed E-state index contributed by atoms with van der Waals surface area (Å²) >= 11 is 0. The van der Waals surface area contributed by atoms with E-state index in [1.54, 1.807) is 0 Å². The van der Waals surface area contributed by atoms with Crippen molar-refractivity contribution < 1.29 is 18.3 Å². The molecule has 8 heterocycles. The van der Waals surface area contributed by atoms with Gasteiger partial charge < -0.3 is 29.4 Å². The topological polar surface area (TPSA) is 41.4 Å². The molecule has 0 aliphatic carbocycles. The third-order valence-electron chi connectivity index (χ3n) is 24.0. The minimum atomic E-state index is 0.301. The van der Waals surface area contributed by atoms with Crippen LogP contribution >= 0.6 is 0 Å². The number of pyridine rings is 4. The SMILES string of the molecule is CC1=CN(c2c(C)cc(C)c(-c3ccc(C)c[n+]3C)c2C)[C@@H](C)N1C.Cc1c(-c2cc(-c3c(C(C)C)cccc3C(C)C)cc[n+]2C)cccc1N1C=CN(C(C)C)[C@@H]1C.Cc1ccc(-c2c(C)cccc2C)cc1-c1cccc(N2C=CN(C)[C@@H]2C)[n+]1C.Cc1ccccc1-c1cccc(N2C=CN(C(C)C)[C@@H]2C)[n+]1C. The summed E-state index contributed by atoms with van der Waals surface area (Å²) in [7, 11) is 12.9. The van der Waals surface area contributed by atoms with Gasteiger partial charge in [0.05, 0.1) is 25.2 Å². The first-order valence-corrected chi connectivity index (χ1v) is 40.6. The quantitative estimate of drug-likeness (QED) is 0.0998. The predicted molar refractivity (Wildman–Crippen MR) is 472 cm³/mol. The highest BCUT2D eigenvalue weighted by molar-refractivity contribution is 5.81. The number of nitrogens with zero attached hydrogens (tertiary/aromatic N) is 12. The number of anilines is 4. The Bertz CT molecular complexity index is 5160. The first kappa shape index (κ1) is 82.2. The molecule has 0 bridgehead atoms. The summed E-state index contributed by atoms with van der Waals surface area (Å²) in [5, 5.41) is 0. The number of hydrogen-bond donors (Lipinski definition) is 0. The van der Waals surface area contributed by atoms with E-state index in [2.05, 4.69) is 472 Å². The summed E-state index contributed by atoms with van der Waals surface area (Å²) < 4.78 is 9.08. The lowest BCUT2D eigenvalue weighted by Crippen LogP contribution is -2.45. The molecule has 4 aliphatic rings. The standard InChI is InChI=1S/C32H42N3.C26H30N3.C22H30N3.C20H26N3/c1-21(2)27-12-10-13-28(22(3)4)32(27)26-16-17-33(9)31(20-26)29-14-11-15-30(24(29)7)35-19-18-34(23(5)6)25(35)8;1-18-13-14-22(26-19(2)9-7-10-20(26)3)17-23(18)24-11-8-12-25(28(24)6)29-16-15-27(5)21(29)4;1-14-9-10-20(23(7)12-14)21-15(2)11-16(3)22(18(21)5)25-13-17(4)24(8)19(25)6;1-15(2)22-13-14-23(17(22)4)20-12-8-11-19(21(20)5)18-10-7-6-9-16(18)3/h10-23,25H,1-9H3;7-17,21H,1-6H3;9-13,19H,1-8H3;6-15,17H,1-5H3/q4*+1/t25-;21-;19-;17-/m0000/s1. The molecule has 4 atom stereocenters. The zero-order chi connectivity index (χ0) is 81.2. The molecule has 0 spiro atoms. The molecule has 14 rings (SSSR count). The largest absolute Gasteiger partial charge is 0.357 e. The Hall–Kier alpha value is -10.7. The van der Waals surface area contributed by atoms with Gasteiger partial charge in [0.1, 0.15) is 50.2 Å². The first-order chi connectivity index (χ1) is 53.2. The van der Waals surface area contributed by atoms with Gasteiger partial charge in [-0.2, -0.15) is 0 Å². The van der Waals surface area contributed by atoms with Gasteiger partial charge >= 0.3 is 0 Å². The van der Waals surface area contributed by atoms with Crippen molar-refractivity contribution in [3.63, 3.8) is 0 Å². The highest BCUT2D eigenvalue weighted by atomic mass is 15.4. The average Bonchev–Trinajstić information content (AvgIpc) is 1.44. The van der Waals surface area contributed by atoms with Crippen LogP contribution in [0.4, 0.5) is 23.0 Å². The van der Waals surface area contributed by atoms with E-state index in [4.69, 9.17) is 0 Å². The molecule has 0 radical (unpaired) electrons. The van der Waals surface area contributed by atoms with Crippen LogP contribution in [0.3, 0.4) is 0 Å². The second-order valence-electron chi connectivity index (χ2n) is 33.0. The van der Waals surface area contributed by atoms with Crippen molar-refractivity contribution in [2.24, 2.45) is 28.2 Å². The van der Waals surface area contributed by atoms with E-state index >= 15 is 0 Å². The predicted octanol–water partition coefficient (Wildman–Crippen LogP) is 21.3. The van der Waals surface area contributed by atoms with Crippen molar-refractivity contribution in [2.45, 2.75) is 201 Å². The van der Waals surface area contributed by atoms with Crippen molar-refractivity contribution in [2.75, 3.05) is 33.7 Å². The lowest BCUT2D eigenvalue weighted by Gasteiger charge is -2.33. The molecule has 10 aromatic rings. The second kappa shape index (κ2) is 34.5. The highest BCUT2D eigenvalue weighted by Gasteiger charge is 2.36. The molecule has 12 heteroatoms. The minimum absolute atomic E-state index is 0.301. The van der Waals surface area contributed by atoms with Gasteiger partial charge in [-0.1, -0.05) is 113 Å². The van der Waals surface area contributed by atoms with Crippen molar-refractivity contribution in [1.29, 1.82) is 0 Å². The number of aryl methyl sites for hydroxylation is 9. The lowest BCUT2D eigenvalue weighted by molar-refractivity contribution is -0.660. The fourth-order valence-electron chi connectivity index (χ4n) is 17.3. The van der Waals surface area contributed by atoms with E-state index in [9.17, 15) is 0 Å². The van der Waals surface area contributed by atoms with Crippen molar-refractivity contribution >= 4 is 23.0 Å². The molecule has 12 nitrogen and oxygen atoms in total. The molecule has 0 saturated heterocycles. The zero-order valence-electron chi connectivity index (χ0n) is 72.8. The van der Waals surface area contributed by atoms with Gasteiger partial charge in [0, 0.05) is 121 Å². The number of aromatic nitrogens is 4. The van der Waals surface area contributed by atoms with Crippen LogP contribution in [-0.2, 0) is 28.2 Å². The Morgan fingerprint density at radius 1 is 0.357 bits per heavy atom. The molecule has 6 aromatic carbocycles. The molecule has 584 valence electrons. The smallest absolute Gasteiger partial charge is 0.283 e. The van der Waals surface area contributed by atoms with Crippen molar-refractivity contribution in [3.8, 4) is 67.3 Å². The van der Waals surface area contributed by atoms with Crippen LogP contribution in [-0.4, -0.2) is 70.4 Å². The van der Waals surface area contributed by atoms with Crippen LogP contribution in [0.2, 0.25) is 0 Å². The summed E-state index contributed by atoms with van der Waals surface area (Å²) in [4.78, 5) is 18.8. The number of rotatable bonds is 14. The molecule has 112 heavy (non-hydrogen) atoms. The maximum Gasteiger partial charge on any atom is 0.283 e. The zero-order valence-corrected chi connectivity index (χ0v) is 72.8. The van der Waals surface area contributed by atoms with E-state index in [0.29, 0.717) is 48.6 Å². The Balaban J connectivity index is 0.000000149. The van der Waals surface area contributed by atoms with E-state index < -0.39 is 0 Å². The third-order valence-corrected chi connectivity index (χ3v) is 24.0. The third kappa shape index (κ3) is 16.6. The number of hydrogen-bond acceptors (Lipinski definition) is 8. The van der Waals surface area contributed by atoms with Crippen LogP contribution < -0.4 is 37.9 Å². The van der Waals surface area contributed by atoms with Crippen LogP contribution in [0.1, 0.15) is 163 Å². The number of allylic oxidation sites excluding steroid dienone is 1. The van der Waals surface area contributed by atoms with Gasteiger partial charge in [0.2, 0.25) is 11.4 Å². The highest BCUT2D eigenvalue weighted by Crippen LogP contribution is 2.42. The van der Waals surface area contributed by atoms with Gasteiger partial charge in [-0.05, 0) is 263 Å². The fourth-order valence-corrected chi connectivity index (χ4v) is 17.3. The van der Waals surface area contributed by atoms with E-state index in [0.717, 1.165) is 0 Å². The Labute approximate surface area is 673 Å². The Morgan fingerprint density at radius 3 is 1.43 bits per heavy atom. The maximum absolute atomic E-state index is 2.41. The maximum atomic E-state index is 2.41. The summed E-state index contributed by atoms with van der Waals surface area (Å²) in [6.45, 7) is 49.2. The molecule has 0 fully saturated rings. The van der Waals surface area contributed by atoms with Crippen LogP contribution in [0, 0.1) is 62.3 Å². The Morgan fingerprint density at radius 2 is 0.875 bits per heavy atom. The van der Waals surface area contributed by atoms with E-state index in [1.165, 1.54) is 157 Å². The molecule has 0 unspecified atom stereocenters. The second-order valence-corrected chi connectivity index (χ2v) is 33.0. The number of benzene rings is 6. The molecule has 4 aliphatic heterocycles. The van der Waals surface area contributed by atoms with Gasteiger partial charge in [-0.15, -0.1) is 0 Å². The normalized spacial score (nSPS) is 16.5. The monoisotopic (exact) mass is 1500 g/mol. The summed E-state index contributed by atoms with van der Waals surface area (Å²) in [6.07, 6.45) is 21.1. The van der Waals surface area contributed by atoms with Gasteiger partial charge in [0.25, 0.3) is 11.6 Å². The average molecular weight is 1500 g/mol. The van der Waals surface area contributed by atoms with Gasteiger partial charge in [0.15, 0.2) is 24.7 Å². The summed E-state index contributed by atoms with van der Waals surface area (Å²) in [5.41, 5.74) is 34.0. The molecular formula is C100H128N12+4. The van der Waals surface area contributed by atoms with Crippen LogP contribution in [0.15, 0.2) is 225 Å². The van der Waals surface area contributed by atoms with E-state index in [1.807, 2.05) is 0 Å². The molecule has 0 saturated carbocycles. The minimum Gasteiger partial charge on any atom is -0.357 e. The van der Waals surface area contributed by atoms with Crippen LogP contribution in [0.25, 0.3) is 67.3 Å². The molecular weight excluding hydrogens is 1370 g/mol. The van der Waals surface area contributed by atoms with E-state index in [-0.39, 0.29) is 0 Å². The molecule has 4 aromatic heterocycles. The van der Waals surface area contributed by atoms with Crippen molar-refractivity contribution in [1.82, 2.24) is 19.6 Å². The molecule has 0 N–H and O–H groups in total. The van der Waals surface area contributed by atoms with Crippen molar-refractivity contribution in [3.05, 3.63) is 286 Å². The summed E-state index contributed by atoms with van der Waals surface area (Å²) in [5.74, 6) is 3.34. The van der Waals surface area contributed by atoms with Gasteiger partial charge in [-0.25, -0.2) is 28.1 Å². The fraction of sp³-hybridized carbons (Fsp3) is 0.360. The first-order valence-electron chi connectivity index (χ1n) is 40.6. The summed E-state index contributed by atoms with van der Waals surface area (Å²) in [6, 6.07) is 60.9. The Kier molecular flexibility index (Phi) is 25.3. The van der Waals surface area contributed by atoms with Crippen LogP contribution in [0.5, 0.6) is 0 Å².